The number of anilines is 3. The summed E-state index contributed by atoms with van der Waals surface area (Å²) < 4.78 is 31.6. The number of benzene rings is 2. The first-order valence-electron chi connectivity index (χ1n) is 14.6. The number of carbonyl (C=O) groups excluding carboxylic acids is 1. The molecule has 0 spiro atoms. The van der Waals surface area contributed by atoms with Gasteiger partial charge < -0.3 is 16.4 Å². The summed E-state index contributed by atoms with van der Waals surface area (Å²) >= 11 is 0. The largest absolute Gasteiger partial charge is 0.369 e. The lowest BCUT2D eigenvalue weighted by Gasteiger charge is -2.33. The molecule has 222 valence electrons. The molecule has 3 heterocycles. The molecule has 1 amide bonds. The van der Waals surface area contributed by atoms with Crippen molar-refractivity contribution in [3.8, 4) is 6.07 Å². The first-order valence-corrected chi connectivity index (χ1v) is 14.6. The molecule has 1 atom stereocenters. The van der Waals surface area contributed by atoms with Crippen molar-refractivity contribution in [3.63, 3.8) is 0 Å². The van der Waals surface area contributed by atoms with E-state index in [1.54, 1.807) is 12.3 Å². The molecule has 1 saturated carbocycles. The molecule has 2 aromatic heterocycles. The van der Waals surface area contributed by atoms with Gasteiger partial charge in [-0.05, 0) is 62.8 Å². The van der Waals surface area contributed by atoms with Gasteiger partial charge in [0.15, 0.2) is 17.3 Å². The molecule has 2 fully saturated rings. The predicted molar refractivity (Wildman–Crippen MR) is 158 cm³/mol. The van der Waals surface area contributed by atoms with Gasteiger partial charge >= 0.3 is 0 Å². The highest BCUT2D eigenvalue weighted by Crippen LogP contribution is 2.37. The number of nitrogens with one attached hydrogen (secondary N) is 2. The standard InChI is InChI=1S/C31H33F2N9O/c32-24-13-20(15-34)14-25(33)27(24)39-31-38-26-16-36-30(40-29(26)42(31)23-10-8-21(9-11-23)28(35)43)37-22-7-4-12-41(18-22)17-19-5-2-1-3-6-19/h1-3,5-6,13-14,16,21-23H,4,7-12,17-18H2,(H2,35,43)(H,38,39)(H,36,37,40)/t21?,22-,23?/m1/s1. The first kappa shape index (κ1) is 28.5. The SMILES string of the molecule is N#Cc1cc(F)c(Nc2nc3cnc(N[C@@H]4CCCN(Cc5ccccc5)C4)nc3n2C2CCC(C(N)=O)CC2)c(F)c1. The number of nitrogens with two attached hydrogens (primary N) is 1. The molecule has 0 radical (unpaired) electrons. The third-order valence-corrected chi connectivity index (χ3v) is 8.39. The van der Waals surface area contributed by atoms with E-state index in [4.69, 9.17) is 16.0 Å². The zero-order valence-electron chi connectivity index (χ0n) is 23.6. The van der Waals surface area contributed by atoms with Gasteiger partial charge in [0.2, 0.25) is 17.8 Å². The molecular formula is C31H33F2N9O. The summed E-state index contributed by atoms with van der Waals surface area (Å²) in [5.74, 6) is -1.69. The molecule has 4 aromatic rings. The highest BCUT2D eigenvalue weighted by molar-refractivity contribution is 5.78. The summed E-state index contributed by atoms with van der Waals surface area (Å²) in [5, 5.41) is 15.4. The third-order valence-electron chi connectivity index (χ3n) is 8.39. The van der Waals surface area contributed by atoms with Crippen molar-refractivity contribution < 1.29 is 13.6 Å². The van der Waals surface area contributed by atoms with Gasteiger partial charge in [-0.1, -0.05) is 30.3 Å². The van der Waals surface area contributed by atoms with E-state index in [0.717, 1.165) is 44.6 Å². The summed E-state index contributed by atoms with van der Waals surface area (Å²) in [7, 11) is 0. The molecule has 2 aromatic carbocycles. The van der Waals surface area contributed by atoms with E-state index in [9.17, 15) is 13.6 Å². The molecule has 0 unspecified atom stereocenters. The minimum Gasteiger partial charge on any atom is -0.369 e. The number of aromatic nitrogens is 4. The fraction of sp³-hybridized carbons (Fsp3) is 0.387. The number of rotatable bonds is 8. The zero-order valence-corrected chi connectivity index (χ0v) is 23.6. The van der Waals surface area contributed by atoms with Crippen molar-refractivity contribution in [2.24, 2.45) is 11.7 Å². The third kappa shape index (κ3) is 6.27. The molecule has 1 aliphatic heterocycles. The van der Waals surface area contributed by atoms with Crippen LogP contribution in [0.1, 0.15) is 55.7 Å². The van der Waals surface area contributed by atoms with Gasteiger partial charge in [0.25, 0.3) is 0 Å². The maximum Gasteiger partial charge on any atom is 0.225 e. The van der Waals surface area contributed by atoms with Gasteiger partial charge in [-0.2, -0.15) is 10.2 Å². The minimum absolute atomic E-state index is 0.120. The van der Waals surface area contributed by atoms with Crippen molar-refractivity contribution >= 4 is 34.7 Å². The number of likely N-dealkylation sites (tertiary alicyclic amines) is 1. The molecule has 43 heavy (non-hydrogen) atoms. The fourth-order valence-electron chi connectivity index (χ4n) is 6.22. The molecule has 4 N–H and O–H groups in total. The van der Waals surface area contributed by atoms with E-state index < -0.39 is 17.3 Å². The lowest BCUT2D eigenvalue weighted by molar-refractivity contribution is -0.122. The van der Waals surface area contributed by atoms with E-state index >= 15 is 0 Å². The molecule has 1 aliphatic carbocycles. The van der Waals surface area contributed by atoms with Crippen molar-refractivity contribution in [3.05, 3.63) is 71.4 Å². The van der Waals surface area contributed by atoms with Crippen LogP contribution in [0.25, 0.3) is 11.2 Å². The van der Waals surface area contributed by atoms with E-state index in [1.807, 2.05) is 10.6 Å². The number of amides is 1. The predicted octanol–water partition coefficient (Wildman–Crippen LogP) is 5.01. The Labute approximate surface area is 247 Å². The Hall–Kier alpha value is -4.63. The fourth-order valence-corrected chi connectivity index (χ4v) is 6.22. The van der Waals surface area contributed by atoms with Gasteiger partial charge in [0.1, 0.15) is 11.2 Å². The highest BCUT2D eigenvalue weighted by atomic mass is 19.1. The summed E-state index contributed by atoms with van der Waals surface area (Å²) in [6.07, 6.45) is 6.06. The Kier molecular flexibility index (Phi) is 8.16. The molecule has 12 heteroatoms. The van der Waals surface area contributed by atoms with Crippen LogP contribution in [0.5, 0.6) is 0 Å². The average molecular weight is 586 g/mol. The van der Waals surface area contributed by atoms with Crippen LogP contribution >= 0.6 is 0 Å². The zero-order chi connectivity index (χ0) is 29.9. The van der Waals surface area contributed by atoms with Crippen LogP contribution in [0.3, 0.4) is 0 Å². The summed E-state index contributed by atoms with van der Waals surface area (Å²) in [4.78, 5) is 28.2. The van der Waals surface area contributed by atoms with Gasteiger partial charge in [-0.25, -0.2) is 18.7 Å². The molecular weight excluding hydrogens is 552 g/mol. The Morgan fingerprint density at radius 3 is 2.51 bits per heavy atom. The normalized spacial score (nSPS) is 20.9. The second kappa shape index (κ2) is 12.3. The summed E-state index contributed by atoms with van der Waals surface area (Å²) in [6.45, 7) is 2.74. The molecule has 2 aliphatic rings. The Morgan fingerprint density at radius 2 is 1.81 bits per heavy atom. The lowest BCUT2D eigenvalue weighted by Crippen LogP contribution is -2.41. The van der Waals surface area contributed by atoms with Crippen LogP contribution < -0.4 is 16.4 Å². The first-order chi connectivity index (χ1) is 20.9. The number of nitriles is 1. The summed E-state index contributed by atoms with van der Waals surface area (Å²) in [5.41, 5.74) is 7.29. The second-order valence-electron chi connectivity index (χ2n) is 11.4. The molecule has 0 bridgehead atoms. The Morgan fingerprint density at radius 1 is 1.07 bits per heavy atom. The highest BCUT2D eigenvalue weighted by Gasteiger charge is 2.30. The van der Waals surface area contributed by atoms with Crippen molar-refractivity contribution in [2.75, 3.05) is 23.7 Å². The number of hydrogen-bond acceptors (Lipinski definition) is 8. The summed E-state index contributed by atoms with van der Waals surface area (Å²) in [6, 6.07) is 14.1. The topological polar surface area (TPSA) is 138 Å². The smallest absolute Gasteiger partial charge is 0.225 e. The van der Waals surface area contributed by atoms with E-state index in [2.05, 4.69) is 49.8 Å². The maximum absolute atomic E-state index is 14.9. The van der Waals surface area contributed by atoms with Crippen LogP contribution in [0.4, 0.5) is 26.4 Å². The van der Waals surface area contributed by atoms with Gasteiger partial charge in [-0.15, -0.1) is 0 Å². The average Bonchev–Trinajstić information content (AvgIpc) is 3.36. The molecule has 1 saturated heterocycles. The van der Waals surface area contributed by atoms with E-state index in [-0.39, 0.29) is 35.4 Å². The van der Waals surface area contributed by atoms with E-state index in [1.165, 1.54) is 5.56 Å². The monoisotopic (exact) mass is 585 g/mol. The van der Waals surface area contributed by atoms with Crippen LogP contribution in [0.15, 0.2) is 48.7 Å². The Bertz CT molecular complexity index is 1640. The number of hydrogen-bond donors (Lipinski definition) is 3. The number of carbonyl (C=O) groups is 1. The number of nitrogens with zero attached hydrogens (tertiary/aromatic N) is 6. The van der Waals surface area contributed by atoms with Crippen molar-refractivity contribution in [1.29, 1.82) is 5.26 Å². The van der Waals surface area contributed by atoms with Gasteiger partial charge in [0, 0.05) is 31.1 Å². The number of halogens is 2. The lowest BCUT2D eigenvalue weighted by atomic mass is 9.85. The van der Waals surface area contributed by atoms with Crippen molar-refractivity contribution in [2.45, 2.75) is 57.2 Å². The molecule has 10 nitrogen and oxygen atoms in total. The number of fused-ring (bicyclic) bond motifs is 1. The number of piperidine rings is 1. The van der Waals surface area contributed by atoms with Crippen LogP contribution in [0, 0.1) is 28.9 Å². The number of primary amides is 1. The second-order valence-corrected chi connectivity index (χ2v) is 11.4. The van der Waals surface area contributed by atoms with Crippen LogP contribution in [0.2, 0.25) is 0 Å². The maximum atomic E-state index is 14.9. The van der Waals surface area contributed by atoms with Crippen LogP contribution in [-0.4, -0.2) is 49.5 Å². The Balaban J connectivity index is 1.29. The van der Waals surface area contributed by atoms with E-state index in [0.29, 0.717) is 42.8 Å². The number of imidazole rings is 1. The van der Waals surface area contributed by atoms with Gasteiger partial charge in [0.05, 0.1) is 17.8 Å². The van der Waals surface area contributed by atoms with Gasteiger partial charge in [-0.3, -0.25) is 14.3 Å². The molecule has 6 rings (SSSR count). The van der Waals surface area contributed by atoms with Crippen molar-refractivity contribution in [1.82, 2.24) is 24.4 Å². The minimum atomic E-state index is -0.904. The van der Waals surface area contributed by atoms with Crippen LogP contribution in [-0.2, 0) is 11.3 Å². The quantitative estimate of drug-likeness (QED) is 0.262.